The molecule has 0 fully saturated rings. The maximum absolute atomic E-state index is 13.9. The first-order chi connectivity index (χ1) is 16.0. The van der Waals surface area contributed by atoms with Gasteiger partial charge in [-0.1, -0.05) is 24.1 Å². The van der Waals surface area contributed by atoms with Crippen LogP contribution >= 0.6 is 11.6 Å². The van der Waals surface area contributed by atoms with E-state index in [1.807, 2.05) is 22.9 Å². The van der Waals surface area contributed by atoms with Crippen molar-refractivity contribution in [2.24, 2.45) is 0 Å². The lowest BCUT2D eigenvalue weighted by Gasteiger charge is -2.14. The molecule has 0 spiro atoms. The minimum atomic E-state index is -0.855. The van der Waals surface area contributed by atoms with Crippen LogP contribution in [0.15, 0.2) is 48.9 Å². The maximum atomic E-state index is 13.9. The monoisotopic (exact) mass is 470 g/mol. The topological polar surface area (TPSA) is 69.8 Å². The fourth-order valence-corrected chi connectivity index (χ4v) is 4.29. The number of anilines is 2. The van der Waals surface area contributed by atoms with Crippen LogP contribution in [0.4, 0.5) is 20.4 Å². The number of nitrogens with zero attached hydrogens (tertiary/aromatic N) is 5. The number of benzene rings is 2. The molecule has 7 nitrogen and oxygen atoms in total. The number of hydrogen-bond acceptors (Lipinski definition) is 5. The molecule has 0 bridgehead atoms. The summed E-state index contributed by atoms with van der Waals surface area (Å²) in [6.45, 7) is 0.716. The number of fused-ring (bicyclic) bond motifs is 1. The van der Waals surface area contributed by atoms with Gasteiger partial charge in [-0.3, -0.25) is 0 Å². The number of hydrogen-bond donors (Lipinski definition) is 1. The summed E-state index contributed by atoms with van der Waals surface area (Å²) < 4.78 is 36.5. The molecule has 10 heteroatoms. The summed E-state index contributed by atoms with van der Waals surface area (Å²) in [6, 6.07) is 9.63. The van der Waals surface area contributed by atoms with E-state index in [9.17, 15) is 8.78 Å². The maximum Gasteiger partial charge on any atom is 0.246 e. The second kappa shape index (κ2) is 8.82. The van der Waals surface area contributed by atoms with Gasteiger partial charge >= 0.3 is 0 Å². The third-order valence-corrected chi connectivity index (χ3v) is 5.93. The first-order valence-corrected chi connectivity index (χ1v) is 10.9. The largest absolute Gasteiger partial charge is 0.494 e. The summed E-state index contributed by atoms with van der Waals surface area (Å²) in [4.78, 5) is 8.74. The van der Waals surface area contributed by atoms with Crippen LogP contribution in [0.2, 0.25) is 5.15 Å². The Balaban J connectivity index is 1.44. The molecule has 0 aliphatic carbocycles. The van der Waals surface area contributed by atoms with Crippen LogP contribution in [-0.2, 0) is 6.54 Å². The van der Waals surface area contributed by atoms with E-state index in [1.54, 1.807) is 30.3 Å². The van der Waals surface area contributed by atoms with Crippen LogP contribution in [0.1, 0.15) is 36.6 Å². The summed E-state index contributed by atoms with van der Waals surface area (Å²) in [7, 11) is 1.59. The van der Waals surface area contributed by atoms with Gasteiger partial charge in [-0.15, -0.1) is 5.10 Å². The number of nitrogens with one attached hydrogen (secondary N) is 1. The quantitative estimate of drug-likeness (QED) is 0.419. The molecule has 1 aliphatic rings. The van der Waals surface area contributed by atoms with E-state index in [4.69, 9.17) is 21.3 Å². The number of aromatic nitrogens is 5. The minimum Gasteiger partial charge on any atom is -0.494 e. The van der Waals surface area contributed by atoms with Gasteiger partial charge in [0.15, 0.2) is 11.6 Å². The van der Waals surface area contributed by atoms with E-state index in [0.29, 0.717) is 29.0 Å². The molecule has 1 N–H and O–H groups in total. The molecule has 2 aromatic heterocycles. The SMILES string of the molecule is COc1cc(Nc2nc3n(n2)CCCCC3c2ccc(F)c(F)c2)ccc1-n1cnc(Cl)c1. The van der Waals surface area contributed by atoms with Crippen LogP contribution < -0.4 is 10.1 Å². The van der Waals surface area contributed by atoms with Crippen LogP contribution in [-0.4, -0.2) is 31.4 Å². The molecule has 1 aliphatic heterocycles. The van der Waals surface area contributed by atoms with Gasteiger partial charge in [0.05, 0.1) is 12.8 Å². The van der Waals surface area contributed by atoms with Gasteiger partial charge in [-0.2, -0.15) is 4.98 Å². The number of ether oxygens (including phenoxy) is 1. The molecule has 0 radical (unpaired) electrons. The molecule has 2 aromatic carbocycles. The average Bonchev–Trinajstić information content (AvgIpc) is 3.36. The molecule has 4 aromatic rings. The van der Waals surface area contributed by atoms with E-state index in [-0.39, 0.29) is 5.92 Å². The third-order valence-electron chi connectivity index (χ3n) is 5.74. The van der Waals surface area contributed by atoms with Crippen molar-refractivity contribution in [2.75, 3.05) is 12.4 Å². The zero-order valence-corrected chi connectivity index (χ0v) is 18.6. The van der Waals surface area contributed by atoms with Crippen LogP contribution in [0, 0.1) is 11.6 Å². The fraction of sp³-hybridized carbons (Fsp3) is 0.261. The number of rotatable bonds is 5. The Morgan fingerprint density at radius 1 is 1.12 bits per heavy atom. The lowest BCUT2D eigenvalue weighted by Crippen LogP contribution is -2.09. The van der Waals surface area contributed by atoms with E-state index >= 15 is 0 Å². The summed E-state index contributed by atoms with van der Waals surface area (Å²) in [5, 5.41) is 8.23. The van der Waals surface area contributed by atoms with Crippen molar-refractivity contribution in [3.05, 3.63) is 77.1 Å². The van der Waals surface area contributed by atoms with Crippen molar-refractivity contribution in [1.29, 1.82) is 0 Å². The van der Waals surface area contributed by atoms with Gasteiger partial charge in [-0.05, 0) is 42.7 Å². The Hall–Kier alpha value is -3.46. The zero-order chi connectivity index (χ0) is 22.9. The van der Waals surface area contributed by atoms with E-state index < -0.39 is 11.6 Å². The highest BCUT2D eigenvalue weighted by Gasteiger charge is 2.25. The number of halogens is 3. The van der Waals surface area contributed by atoms with Crippen LogP contribution in [0.3, 0.4) is 0 Å². The van der Waals surface area contributed by atoms with Crippen molar-refractivity contribution in [3.63, 3.8) is 0 Å². The summed E-state index contributed by atoms with van der Waals surface area (Å²) in [6.07, 6.45) is 5.98. The zero-order valence-electron chi connectivity index (χ0n) is 17.8. The first kappa shape index (κ1) is 21.4. The average molecular weight is 471 g/mol. The molecule has 5 rings (SSSR count). The van der Waals surface area contributed by atoms with Crippen molar-refractivity contribution in [3.8, 4) is 11.4 Å². The van der Waals surface area contributed by atoms with E-state index in [0.717, 1.165) is 42.5 Å². The predicted octanol–water partition coefficient (Wildman–Crippen LogP) is 5.46. The first-order valence-electron chi connectivity index (χ1n) is 10.6. The normalized spacial score (nSPS) is 15.7. The van der Waals surface area contributed by atoms with Gasteiger partial charge in [-0.25, -0.2) is 18.4 Å². The molecular weight excluding hydrogens is 450 g/mol. The van der Waals surface area contributed by atoms with Gasteiger partial charge in [0.2, 0.25) is 5.95 Å². The van der Waals surface area contributed by atoms with Crippen molar-refractivity contribution in [1.82, 2.24) is 24.3 Å². The number of imidazole rings is 1. The smallest absolute Gasteiger partial charge is 0.246 e. The summed E-state index contributed by atoms with van der Waals surface area (Å²) in [5.41, 5.74) is 2.22. The lowest BCUT2D eigenvalue weighted by atomic mass is 9.93. The highest BCUT2D eigenvalue weighted by Crippen LogP contribution is 2.34. The molecule has 0 saturated carbocycles. The molecule has 0 saturated heterocycles. The number of methoxy groups -OCH3 is 1. The fourth-order valence-electron chi connectivity index (χ4n) is 4.14. The summed E-state index contributed by atoms with van der Waals surface area (Å²) >= 11 is 5.93. The third kappa shape index (κ3) is 4.28. The Kier molecular flexibility index (Phi) is 5.72. The van der Waals surface area contributed by atoms with Gasteiger partial charge in [0.25, 0.3) is 0 Å². The Morgan fingerprint density at radius 2 is 2.00 bits per heavy atom. The Labute approximate surface area is 194 Å². The molecule has 33 heavy (non-hydrogen) atoms. The number of aryl methyl sites for hydroxylation is 1. The van der Waals surface area contributed by atoms with Crippen molar-refractivity contribution < 1.29 is 13.5 Å². The highest BCUT2D eigenvalue weighted by atomic mass is 35.5. The second-order valence-corrected chi connectivity index (χ2v) is 8.24. The lowest BCUT2D eigenvalue weighted by molar-refractivity contribution is 0.413. The predicted molar refractivity (Wildman–Crippen MR) is 120 cm³/mol. The second-order valence-electron chi connectivity index (χ2n) is 7.85. The molecule has 3 heterocycles. The highest BCUT2D eigenvalue weighted by molar-refractivity contribution is 6.29. The van der Waals surface area contributed by atoms with Gasteiger partial charge in [0.1, 0.15) is 23.1 Å². The standard InChI is InChI=1S/C23H21ClF2N6O/c1-33-20-11-15(6-8-19(20)31-12-21(24)27-13-31)28-23-29-22-16(4-2-3-9-32(22)30-23)14-5-7-17(25)18(26)10-14/h5-8,10-13,16H,2-4,9H2,1H3,(H,28,30). The van der Waals surface area contributed by atoms with Crippen LogP contribution in [0.5, 0.6) is 5.75 Å². The Bertz CT molecular complexity index is 1300. The summed E-state index contributed by atoms with van der Waals surface area (Å²) in [5.74, 6) is -0.0836. The van der Waals surface area contributed by atoms with E-state index in [2.05, 4.69) is 15.4 Å². The van der Waals surface area contributed by atoms with Gasteiger partial charge in [0, 0.05) is 30.4 Å². The van der Waals surface area contributed by atoms with E-state index in [1.165, 1.54) is 6.07 Å². The molecular formula is C23H21ClF2N6O. The molecule has 0 amide bonds. The van der Waals surface area contributed by atoms with Crippen LogP contribution in [0.25, 0.3) is 5.69 Å². The Morgan fingerprint density at radius 3 is 2.76 bits per heavy atom. The molecule has 1 unspecified atom stereocenters. The van der Waals surface area contributed by atoms with Crippen molar-refractivity contribution in [2.45, 2.75) is 31.7 Å². The molecule has 170 valence electrons. The van der Waals surface area contributed by atoms with Gasteiger partial charge < -0.3 is 14.6 Å². The molecule has 1 atom stereocenters. The minimum absolute atomic E-state index is 0.159. The van der Waals surface area contributed by atoms with Crippen molar-refractivity contribution >= 4 is 23.2 Å².